The van der Waals surface area contributed by atoms with Gasteiger partial charge in [-0.1, -0.05) is 32.1 Å². The fourth-order valence-electron chi connectivity index (χ4n) is 5.24. The molecule has 0 aromatic carbocycles. The first kappa shape index (κ1) is 18.3. The summed E-state index contributed by atoms with van der Waals surface area (Å²) in [5.41, 5.74) is -0.216. The number of likely N-dealkylation sites (tertiary alicyclic amines) is 1. The summed E-state index contributed by atoms with van der Waals surface area (Å²) >= 11 is 1.97. The first-order chi connectivity index (χ1) is 12.8. The Balaban J connectivity index is 1.35. The second kappa shape index (κ2) is 8.28. The minimum atomic E-state index is -0.216. The monoisotopic (exact) mass is 377 g/mol. The zero-order valence-corrected chi connectivity index (χ0v) is 16.5. The van der Waals surface area contributed by atoms with Gasteiger partial charge in [0.1, 0.15) is 6.33 Å². The zero-order chi connectivity index (χ0) is 17.8. The third-order valence-corrected chi connectivity index (χ3v) is 7.93. The van der Waals surface area contributed by atoms with Crippen LogP contribution in [-0.2, 0) is 10.3 Å². The standard InChI is InChI=1S/C19H31N5OS/c25-18(14-19(8-12-26-13-9-19)24-15-20-21-22-24)23-10-6-17(7-11-23)16-4-2-1-3-5-16/h15-17H,1-14H2. The van der Waals surface area contributed by atoms with E-state index in [2.05, 4.69) is 20.4 Å². The molecule has 0 N–H and O–H groups in total. The van der Waals surface area contributed by atoms with Crippen LogP contribution < -0.4 is 0 Å². The number of carbonyl (C=O) groups excluding carboxylic acids is 1. The van der Waals surface area contributed by atoms with E-state index in [1.165, 1.54) is 44.9 Å². The highest BCUT2D eigenvalue weighted by molar-refractivity contribution is 7.99. The molecule has 2 saturated heterocycles. The smallest absolute Gasteiger partial charge is 0.225 e. The molecule has 1 aliphatic carbocycles. The quantitative estimate of drug-likeness (QED) is 0.807. The van der Waals surface area contributed by atoms with Gasteiger partial charge in [0, 0.05) is 13.1 Å². The average molecular weight is 378 g/mol. The molecule has 0 radical (unpaired) electrons. The van der Waals surface area contributed by atoms with Crippen molar-refractivity contribution in [1.82, 2.24) is 25.1 Å². The van der Waals surface area contributed by atoms with Gasteiger partial charge in [0.05, 0.1) is 12.0 Å². The molecule has 1 aromatic rings. The minimum absolute atomic E-state index is 0.216. The van der Waals surface area contributed by atoms with E-state index in [0.29, 0.717) is 12.3 Å². The van der Waals surface area contributed by atoms with Crippen LogP contribution >= 0.6 is 11.8 Å². The van der Waals surface area contributed by atoms with Gasteiger partial charge in [0.2, 0.25) is 5.91 Å². The molecule has 0 unspecified atom stereocenters. The second-order valence-corrected chi connectivity index (χ2v) is 9.61. The molecule has 6 nitrogen and oxygen atoms in total. The lowest BCUT2D eigenvalue weighted by atomic mass is 9.75. The maximum absolute atomic E-state index is 13.1. The topological polar surface area (TPSA) is 63.9 Å². The number of piperidine rings is 1. The molecule has 144 valence electrons. The van der Waals surface area contributed by atoms with Crippen LogP contribution in [0.3, 0.4) is 0 Å². The number of hydrogen-bond acceptors (Lipinski definition) is 5. The normalized spacial score (nSPS) is 25.3. The summed E-state index contributed by atoms with van der Waals surface area (Å²) in [5.74, 6) is 4.23. The lowest BCUT2D eigenvalue weighted by molar-refractivity contribution is -0.135. The largest absolute Gasteiger partial charge is 0.343 e. The Labute approximate surface area is 160 Å². The minimum Gasteiger partial charge on any atom is -0.343 e. The fourth-order valence-corrected chi connectivity index (χ4v) is 6.49. The molecular weight excluding hydrogens is 346 g/mol. The van der Waals surface area contributed by atoms with E-state index in [1.807, 2.05) is 16.4 Å². The van der Waals surface area contributed by atoms with Crippen LogP contribution in [-0.4, -0.2) is 55.6 Å². The third kappa shape index (κ3) is 3.92. The highest BCUT2D eigenvalue weighted by atomic mass is 32.2. The number of hydrogen-bond donors (Lipinski definition) is 0. The Morgan fingerprint density at radius 2 is 1.73 bits per heavy atom. The van der Waals surface area contributed by atoms with Crippen molar-refractivity contribution in [2.45, 2.75) is 69.7 Å². The highest BCUT2D eigenvalue weighted by Crippen LogP contribution is 2.38. The van der Waals surface area contributed by atoms with Crippen molar-refractivity contribution < 1.29 is 4.79 Å². The third-order valence-electron chi connectivity index (χ3n) is 6.95. The predicted octanol–water partition coefficient (Wildman–Crippen LogP) is 3.10. The van der Waals surface area contributed by atoms with Gasteiger partial charge in [0.15, 0.2) is 0 Å². The zero-order valence-electron chi connectivity index (χ0n) is 15.7. The van der Waals surface area contributed by atoms with Gasteiger partial charge in [-0.2, -0.15) is 11.8 Å². The van der Waals surface area contributed by atoms with Gasteiger partial charge in [-0.15, -0.1) is 5.10 Å². The molecule has 2 aliphatic heterocycles. The Hall–Kier alpha value is -1.11. The van der Waals surface area contributed by atoms with Gasteiger partial charge in [-0.3, -0.25) is 4.79 Å². The van der Waals surface area contributed by atoms with Gasteiger partial charge in [-0.05, 0) is 59.5 Å². The summed E-state index contributed by atoms with van der Waals surface area (Å²) in [7, 11) is 0. The SMILES string of the molecule is O=C(CC1(n2cnnn2)CCSCC1)N1CCC(C2CCCCC2)CC1. The Kier molecular flexibility index (Phi) is 5.81. The predicted molar refractivity (Wildman–Crippen MR) is 103 cm³/mol. The average Bonchev–Trinajstić information content (AvgIpc) is 3.25. The second-order valence-electron chi connectivity index (χ2n) is 8.38. The number of aromatic nitrogens is 4. The lowest BCUT2D eigenvalue weighted by Crippen LogP contribution is -2.46. The Morgan fingerprint density at radius 1 is 1.04 bits per heavy atom. The maximum Gasteiger partial charge on any atom is 0.225 e. The number of carbonyl (C=O) groups is 1. The molecule has 1 aromatic heterocycles. The van der Waals surface area contributed by atoms with Crippen LogP contribution in [0, 0.1) is 11.8 Å². The van der Waals surface area contributed by atoms with E-state index >= 15 is 0 Å². The molecule has 3 heterocycles. The van der Waals surface area contributed by atoms with Gasteiger partial charge in [0.25, 0.3) is 0 Å². The van der Waals surface area contributed by atoms with Crippen molar-refractivity contribution in [3.05, 3.63) is 6.33 Å². The molecule has 4 rings (SSSR count). The van der Waals surface area contributed by atoms with Crippen LogP contribution in [0.2, 0.25) is 0 Å². The lowest BCUT2D eigenvalue weighted by Gasteiger charge is -2.40. The van der Waals surface area contributed by atoms with Crippen LogP contribution in [0.1, 0.15) is 64.2 Å². The van der Waals surface area contributed by atoms with E-state index in [0.717, 1.165) is 49.3 Å². The molecule has 0 bridgehead atoms. The summed E-state index contributed by atoms with van der Waals surface area (Å²) in [6.07, 6.45) is 13.7. The van der Waals surface area contributed by atoms with Crippen molar-refractivity contribution in [2.75, 3.05) is 24.6 Å². The summed E-state index contributed by atoms with van der Waals surface area (Å²) in [6.45, 7) is 1.89. The fraction of sp³-hybridized carbons (Fsp3) is 0.895. The van der Waals surface area contributed by atoms with Gasteiger partial charge < -0.3 is 4.90 Å². The molecular formula is C19H31N5OS. The molecule has 3 aliphatic rings. The maximum atomic E-state index is 13.1. The van der Waals surface area contributed by atoms with Gasteiger partial charge in [-0.25, -0.2) is 4.68 Å². The van der Waals surface area contributed by atoms with Crippen LogP contribution in [0.15, 0.2) is 6.33 Å². The summed E-state index contributed by atoms with van der Waals surface area (Å²) < 4.78 is 1.86. The number of amides is 1. The summed E-state index contributed by atoms with van der Waals surface area (Å²) in [6, 6.07) is 0. The number of nitrogens with zero attached hydrogens (tertiary/aromatic N) is 5. The molecule has 0 spiro atoms. The van der Waals surface area contributed by atoms with Crippen molar-refractivity contribution in [2.24, 2.45) is 11.8 Å². The molecule has 7 heteroatoms. The molecule has 1 amide bonds. The first-order valence-corrected chi connectivity index (χ1v) is 11.5. The Morgan fingerprint density at radius 3 is 2.38 bits per heavy atom. The van der Waals surface area contributed by atoms with E-state index in [1.54, 1.807) is 6.33 Å². The van der Waals surface area contributed by atoms with Crippen LogP contribution in [0.5, 0.6) is 0 Å². The molecule has 3 fully saturated rings. The Bertz CT molecular complexity index is 573. The van der Waals surface area contributed by atoms with E-state index in [-0.39, 0.29) is 5.54 Å². The van der Waals surface area contributed by atoms with Crippen molar-refractivity contribution >= 4 is 17.7 Å². The van der Waals surface area contributed by atoms with Crippen LogP contribution in [0.4, 0.5) is 0 Å². The molecule has 26 heavy (non-hydrogen) atoms. The highest BCUT2D eigenvalue weighted by Gasteiger charge is 2.39. The number of rotatable bonds is 4. The van der Waals surface area contributed by atoms with E-state index < -0.39 is 0 Å². The van der Waals surface area contributed by atoms with Crippen molar-refractivity contribution in [3.8, 4) is 0 Å². The van der Waals surface area contributed by atoms with E-state index in [9.17, 15) is 4.79 Å². The molecule has 1 saturated carbocycles. The molecule has 0 atom stereocenters. The van der Waals surface area contributed by atoms with Crippen molar-refractivity contribution in [3.63, 3.8) is 0 Å². The summed E-state index contributed by atoms with van der Waals surface area (Å²) in [4.78, 5) is 15.2. The summed E-state index contributed by atoms with van der Waals surface area (Å²) in [5, 5.41) is 11.8. The van der Waals surface area contributed by atoms with Crippen molar-refractivity contribution in [1.29, 1.82) is 0 Å². The first-order valence-electron chi connectivity index (χ1n) is 10.4. The number of thioether (sulfide) groups is 1. The van der Waals surface area contributed by atoms with Crippen LogP contribution in [0.25, 0.3) is 0 Å². The van der Waals surface area contributed by atoms with Gasteiger partial charge >= 0.3 is 0 Å². The number of tetrazole rings is 1. The van der Waals surface area contributed by atoms with E-state index in [4.69, 9.17) is 0 Å².